The largest absolute Gasteiger partial charge is 0.434 e. The van der Waals surface area contributed by atoms with Crippen LogP contribution >= 0.6 is 0 Å². The average molecular weight is 640 g/mol. The SMILES string of the molecule is O=C(Nc1cnc(-n2ncc(CC(F)(F)F)n2)c(C(F)(F)F)c1)c1cnn(-c2ccc3c4c(cccc24)C(=O)N3)c1C(F)(F)F. The van der Waals surface area contributed by atoms with Gasteiger partial charge in [-0.15, -0.1) is 4.80 Å². The van der Waals surface area contributed by atoms with E-state index in [-0.39, 0.29) is 21.4 Å². The molecule has 4 heterocycles. The Balaban J connectivity index is 1.37. The van der Waals surface area contributed by atoms with Crippen LogP contribution in [-0.2, 0) is 18.8 Å². The van der Waals surface area contributed by atoms with E-state index < -0.39 is 70.8 Å². The Morgan fingerprint density at radius 2 is 1.67 bits per heavy atom. The Hall–Kier alpha value is -5.49. The monoisotopic (exact) mass is 640 g/mol. The highest BCUT2D eigenvalue weighted by Gasteiger charge is 2.42. The predicted octanol–water partition coefficient (Wildman–Crippen LogP) is 5.96. The first-order valence-corrected chi connectivity index (χ1v) is 12.4. The molecule has 1 aliphatic rings. The number of hydrogen-bond acceptors (Lipinski definition) is 6. The van der Waals surface area contributed by atoms with Crippen molar-refractivity contribution < 1.29 is 49.1 Å². The third kappa shape index (κ3) is 5.40. The van der Waals surface area contributed by atoms with E-state index >= 15 is 0 Å². The number of pyridine rings is 1. The van der Waals surface area contributed by atoms with E-state index in [1.165, 1.54) is 30.3 Å². The first-order valence-electron chi connectivity index (χ1n) is 12.4. The summed E-state index contributed by atoms with van der Waals surface area (Å²) in [5.41, 5.74) is -5.19. The molecule has 2 N–H and O–H groups in total. The van der Waals surface area contributed by atoms with Crippen molar-refractivity contribution in [2.75, 3.05) is 10.6 Å². The van der Waals surface area contributed by atoms with Gasteiger partial charge in [0, 0.05) is 22.0 Å². The van der Waals surface area contributed by atoms with Gasteiger partial charge in [0.05, 0.1) is 47.6 Å². The summed E-state index contributed by atoms with van der Waals surface area (Å²) in [5, 5.41) is 15.5. The number of anilines is 2. The molecule has 0 saturated carbocycles. The lowest BCUT2D eigenvalue weighted by atomic mass is 10.0. The maximum absolute atomic E-state index is 14.4. The van der Waals surface area contributed by atoms with Gasteiger partial charge >= 0.3 is 18.5 Å². The Morgan fingerprint density at radius 3 is 2.36 bits per heavy atom. The molecular weight excluding hydrogens is 627 g/mol. The van der Waals surface area contributed by atoms with Crippen LogP contribution in [0.4, 0.5) is 50.9 Å². The summed E-state index contributed by atoms with van der Waals surface area (Å²) in [7, 11) is 0. The summed E-state index contributed by atoms with van der Waals surface area (Å²) >= 11 is 0. The summed E-state index contributed by atoms with van der Waals surface area (Å²) in [5.74, 6) is -3.01. The van der Waals surface area contributed by atoms with Crippen LogP contribution in [0.5, 0.6) is 0 Å². The van der Waals surface area contributed by atoms with Crippen LogP contribution in [0.15, 0.2) is 55.0 Å². The quantitative estimate of drug-likeness (QED) is 0.229. The van der Waals surface area contributed by atoms with Gasteiger partial charge in [0.1, 0.15) is 5.56 Å². The predicted molar refractivity (Wildman–Crippen MR) is 136 cm³/mol. The Morgan fingerprint density at radius 1 is 0.911 bits per heavy atom. The van der Waals surface area contributed by atoms with Gasteiger partial charge in [-0.1, -0.05) is 12.1 Å². The standard InChI is InChI=1S/C26H13F9N8O2/c27-24(28,29)7-12-9-38-43(41-12)21-16(25(30,31)32)6-11(8-36-21)39-23(45)15-10-37-42(20(15)26(33,34)35)18-5-4-17-19-13(18)2-1-3-14(19)22(44)40-17/h1-6,8-10H,7H2,(H,39,45)(H,40,44). The zero-order chi connectivity index (χ0) is 32.5. The van der Waals surface area contributed by atoms with E-state index in [4.69, 9.17) is 0 Å². The topological polar surface area (TPSA) is 120 Å². The number of benzene rings is 2. The first-order chi connectivity index (χ1) is 21.0. The Bertz CT molecular complexity index is 2010. The van der Waals surface area contributed by atoms with Crippen molar-refractivity contribution in [3.63, 3.8) is 0 Å². The summed E-state index contributed by atoms with van der Waals surface area (Å²) in [6, 6.07) is 7.30. The number of aromatic nitrogens is 6. The lowest BCUT2D eigenvalue weighted by Gasteiger charge is -2.15. The number of amides is 2. The highest BCUT2D eigenvalue weighted by Crippen LogP contribution is 2.40. The minimum atomic E-state index is -5.20. The van der Waals surface area contributed by atoms with E-state index in [9.17, 15) is 49.1 Å². The van der Waals surface area contributed by atoms with Crippen LogP contribution in [-0.4, -0.2) is 47.7 Å². The van der Waals surface area contributed by atoms with Gasteiger partial charge in [-0.05, 0) is 24.3 Å². The number of alkyl halides is 9. The maximum atomic E-state index is 14.4. The van der Waals surface area contributed by atoms with Crippen molar-refractivity contribution in [2.24, 2.45) is 0 Å². The van der Waals surface area contributed by atoms with Gasteiger partial charge in [0.25, 0.3) is 11.8 Å². The summed E-state index contributed by atoms with van der Waals surface area (Å²) < 4.78 is 123. The number of rotatable bonds is 5. The highest BCUT2D eigenvalue weighted by molar-refractivity contribution is 6.25. The molecule has 0 bridgehead atoms. The fraction of sp³-hybridized carbons (Fsp3) is 0.154. The van der Waals surface area contributed by atoms with Crippen LogP contribution < -0.4 is 10.6 Å². The second kappa shape index (κ2) is 10.0. The normalized spacial score (nSPS) is 13.4. The lowest BCUT2D eigenvalue weighted by molar-refractivity contribution is -0.143. The molecule has 1 aliphatic heterocycles. The van der Waals surface area contributed by atoms with Crippen molar-refractivity contribution in [1.82, 2.24) is 29.8 Å². The highest BCUT2D eigenvalue weighted by atomic mass is 19.4. The van der Waals surface area contributed by atoms with Crippen LogP contribution in [0, 0.1) is 0 Å². The molecule has 2 aromatic carbocycles. The van der Waals surface area contributed by atoms with Gasteiger partial charge in [0.2, 0.25) is 0 Å². The zero-order valence-electron chi connectivity index (χ0n) is 21.8. The van der Waals surface area contributed by atoms with Crippen molar-refractivity contribution in [2.45, 2.75) is 24.9 Å². The number of carbonyl (C=O) groups excluding carboxylic acids is 2. The van der Waals surface area contributed by atoms with Crippen LogP contribution in [0.25, 0.3) is 22.3 Å². The van der Waals surface area contributed by atoms with E-state index in [1.807, 2.05) is 5.32 Å². The molecule has 0 saturated heterocycles. The molecule has 45 heavy (non-hydrogen) atoms. The van der Waals surface area contributed by atoms with E-state index in [2.05, 4.69) is 25.6 Å². The third-order valence-electron chi connectivity index (χ3n) is 6.56. The lowest BCUT2D eigenvalue weighted by Crippen LogP contribution is -2.21. The Kier molecular flexibility index (Phi) is 6.59. The number of hydrogen-bond donors (Lipinski definition) is 2. The van der Waals surface area contributed by atoms with Crippen molar-refractivity contribution >= 4 is 34.0 Å². The van der Waals surface area contributed by atoms with Gasteiger partial charge in [0.15, 0.2) is 11.5 Å². The average Bonchev–Trinajstić information content (AvgIpc) is 3.66. The van der Waals surface area contributed by atoms with Crippen LogP contribution in [0.1, 0.15) is 37.7 Å². The minimum Gasteiger partial charge on any atom is -0.321 e. The molecule has 2 amide bonds. The van der Waals surface area contributed by atoms with Crippen LogP contribution in [0.3, 0.4) is 0 Å². The van der Waals surface area contributed by atoms with Crippen molar-refractivity contribution in [3.8, 4) is 11.5 Å². The van der Waals surface area contributed by atoms with Gasteiger partial charge in [-0.2, -0.15) is 54.8 Å². The number of nitrogens with zero attached hydrogens (tertiary/aromatic N) is 6. The van der Waals surface area contributed by atoms with Crippen molar-refractivity contribution in [1.29, 1.82) is 0 Å². The molecule has 6 rings (SSSR count). The zero-order valence-corrected chi connectivity index (χ0v) is 21.8. The summed E-state index contributed by atoms with van der Waals surface area (Å²) in [6.45, 7) is 0. The molecule has 3 aromatic heterocycles. The van der Waals surface area contributed by atoms with Crippen molar-refractivity contribution in [3.05, 3.63) is 83.1 Å². The third-order valence-corrected chi connectivity index (χ3v) is 6.56. The molecular formula is C26H13F9N8O2. The molecule has 0 unspecified atom stereocenters. The number of carbonyl (C=O) groups is 2. The molecule has 0 radical (unpaired) electrons. The molecule has 10 nitrogen and oxygen atoms in total. The second-order valence-corrected chi connectivity index (χ2v) is 9.60. The molecule has 0 aliphatic carbocycles. The van der Waals surface area contributed by atoms with Crippen LogP contribution in [0.2, 0.25) is 0 Å². The fourth-order valence-electron chi connectivity index (χ4n) is 4.80. The smallest absolute Gasteiger partial charge is 0.321 e. The van der Waals surface area contributed by atoms with E-state index in [0.717, 1.165) is 0 Å². The van der Waals surface area contributed by atoms with Gasteiger partial charge < -0.3 is 10.6 Å². The van der Waals surface area contributed by atoms with Gasteiger partial charge in [-0.25, -0.2) is 9.67 Å². The fourth-order valence-corrected chi connectivity index (χ4v) is 4.80. The van der Waals surface area contributed by atoms with E-state index in [1.54, 1.807) is 0 Å². The molecule has 0 fully saturated rings. The number of nitrogens with one attached hydrogen (secondary N) is 2. The minimum absolute atomic E-state index is 0.138. The van der Waals surface area contributed by atoms with Gasteiger partial charge in [-0.3, -0.25) is 9.59 Å². The summed E-state index contributed by atoms with van der Waals surface area (Å²) in [6.07, 6.45) is -14.9. The molecule has 5 aromatic rings. The summed E-state index contributed by atoms with van der Waals surface area (Å²) in [4.78, 5) is 29.0. The molecule has 0 spiro atoms. The number of halogens is 9. The first kappa shape index (κ1) is 29.6. The second-order valence-electron chi connectivity index (χ2n) is 9.60. The molecule has 19 heteroatoms. The Labute approximate surface area is 243 Å². The van der Waals surface area contributed by atoms with E-state index in [0.29, 0.717) is 40.4 Å². The maximum Gasteiger partial charge on any atom is 0.434 e. The molecule has 0 atom stereocenters. The molecule has 232 valence electrons.